The number of halogens is 3. The Labute approximate surface area is 219 Å². The van der Waals surface area contributed by atoms with Gasteiger partial charge in [0.25, 0.3) is 17.7 Å². The zero-order chi connectivity index (χ0) is 24.6. The quantitative estimate of drug-likeness (QED) is 0.285. The Bertz CT molecular complexity index is 1290. The molecule has 2 aromatic carbocycles. The maximum absolute atomic E-state index is 13.7. The van der Waals surface area contributed by atoms with Crippen molar-refractivity contribution < 1.29 is 19.2 Å². The van der Waals surface area contributed by atoms with E-state index in [-0.39, 0.29) is 27.4 Å². The Morgan fingerprint density at radius 2 is 1.46 bits per heavy atom. The van der Waals surface area contributed by atoms with Crippen LogP contribution < -0.4 is 0 Å². The fraction of sp³-hybridized carbons (Fsp3) is 0.308. The third kappa shape index (κ3) is 3.59. The molecule has 6 nitrogen and oxygen atoms in total. The van der Waals surface area contributed by atoms with Crippen LogP contribution in [0.5, 0.6) is 0 Å². The molecule has 0 unspecified atom stereocenters. The third-order valence-corrected chi connectivity index (χ3v) is 9.01. The van der Waals surface area contributed by atoms with Gasteiger partial charge >= 0.3 is 0 Å². The molecule has 5 aliphatic rings. The lowest BCUT2D eigenvalue weighted by Gasteiger charge is -2.37. The van der Waals surface area contributed by atoms with Crippen molar-refractivity contribution in [1.29, 1.82) is 0 Å². The van der Waals surface area contributed by atoms with Gasteiger partial charge in [-0.05, 0) is 60.4 Å². The van der Waals surface area contributed by atoms with Gasteiger partial charge in [-0.3, -0.25) is 19.2 Å². The van der Waals surface area contributed by atoms with E-state index in [1.165, 1.54) is 18.2 Å². The van der Waals surface area contributed by atoms with Crippen LogP contribution in [0, 0.1) is 35.5 Å². The number of carbonyl (C=O) groups is 4. The second kappa shape index (κ2) is 8.29. The summed E-state index contributed by atoms with van der Waals surface area (Å²) in [4.78, 5) is 54.2. The van der Waals surface area contributed by atoms with Crippen LogP contribution in [0.3, 0.4) is 0 Å². The molecule has 0 radical (unpaired) electrons. The molecule has 2 saturated carbocycles. The van der Waals surface area contributed by atoms with E-state index in [1.54, 1.807) is 24.3 Å². The predicted octanol–water partition coefficient (Wildman–Crippen LogP) is 5.05. The molecule has 1 heterocycles. The van der Waals surface area contributed by atoms with Crippen LogP contribution in [0.25, 0.3) is 0 Å². The second-order valence-corrected chi connectivity index (χ2v) is 11.3. The molecule has 3 amide bonds. The van der Waals surface area contributed by atoms with E-state index in [2.05, 4.69) is 28.1 Å². The Morgan fingerprint density at radius 3 is 2.03 bits per heavy atom. The first-order chi connectivity index (χ1) is 16.8. The average molecular weight is 574 g/mol. The van der Waals surface area contributed by atoms with E-state index in [1.807, 2.05) is 0 Å². The van der Waals surface area contributed by atoms with Crippen LogP contribution >= 0.6 is 39.1 Å². The molecule has 7 rings (SSSR count). The average Bonchev–Trinajstić information content (AvgIpc) is 3.63. The SMILES string of the molecule is O=C(CN(C(=O)c1ccc(Cl)c(Cl)c1)N1C(=O)[C@H]2[C@@H]3C=C[C@@H]([C@H]4C[C@H]34)[C@@H]2C1=O)c1ccc(Br)cc1. The number of nitrogens with zero attached hydrogens (tertiary/aromatic N) is 2. The van der Waals surface area contributed by atoms with Crippen LogP contribution in [-0.4, -0.2) is 40.1 Å². The van der Waals surface area contributed by atoms with Gasteiger partial charge in [0.1, 0.15) is 6.54 Å². The molecule has 3 fully saturated rings. The summed E-state index contributed by atoms with van der Waals surface area (Å²) in [7, 11) is 0. The fourth-order valence-electron chi connectivity index (χ4n) is 6.05. The minimum Gasteiger partial charge on any atom is -0.292 e. The summed E-state index contributed by atoms with van der Waals surface area (Å²) in [5, 5.41) is 2.33. The molecule has 2 aromatic rings. The standard InChI is InChI=1S/C26H19BrCl2N2O4/c27-14-4-1-12(2-5-14)21(32)11-30(24(33)13-3-8-19(28)20(29)9-13)31-25(34)22-15-6-7-16(18-10-17(15)18)23(22)26(31)35/h1-9,15-18,22-23H,10-11H2/t15-,16+,17-,18-,22+,23+/m1/s1. The molecule has 1 aliphatic heterocycles. The van der Waals surface area contributed by atoms with E-state index < -0.39 is 41.9 Å². The van der Waals surface area contributed by atoms with Crippen LogP contribution in [0.4, 0.5) is 0 Å². The minimum atomic E-state index is -0.667. The topological polar surface area (TPSA) is 74.8 Å². The third-order valence-electron chi connectivity index (χ3n) is 7.74. The fourth-order valence-corrected chi connectivity index (χ4v) is 6.62. The number of hydrogen-bond acceptors (Lipinski definition) is 4. The molecule has 0 N–H and O–H groups in total. The lowest BCUT2D eigenvalue weighted by molar-refractivity contribution is -0.154. The number of hydrogen-bond donors (Lipinski definition) is 0. The summed E-state index contributed by atoms with van der Waals surface area (Å²) in [6.07, 6.45) is 5.16. The first kappa shape index (κ1) is 23.0. The molecule has 6 atom stereocenters. The van der Waals surface area contributed by atoms with E-state index in [4.69, 9.17) is 23.2 Å². The van der Waals surface area contributed by atoms with Gasteiger partial charge in [0.05, 0.1) is 21.9 Å². The van der Waals surface area contributed by atoms with Crippen molar-refractivity contribution in [2.75, 3.05) is 6.54 Å². The summed E-state index contributed by atoms with van der Waals surface area (Å²) < 4.78 is 0.799. The Kier molecular flexibility index (Phi) is 5.43. The van der Waals surface area contributed by atoms with Gasteiger partial charge in [-0.25, -0.2) is 5.01 Å². The van der Waals surface area contributed by atoms with E-state index >= 15 is 0 Å². The van der Waals surface area contributed by atoms with Gasteiger partial charge in [0.15, 0.2) is 5.78 Å². The van der Waals surface area contributed by atoms with Crippen LogP contribution in [-0.2, 0) is 9.59 Å². The molecule has 178 valence electrons. The summed E-state index contributed by atoms with van der Waals surface area (Å²) in [6.45, 7) is -0.465. The number of carbonyl (C=O) groups excluding carboxylic acids is 4. The molecule has 4 aliphatic carbocycles. The number of Topliss-reactive ketones (excluding diaryl/α,β-unsaturated/α-hetero) is 1. The van der Waals surface area contributed by atoms with Crippen LogP contribution in [0.2, 0.25) is 10.0 Å². The van der Waals surface area contributed by atoms with Crippen molar-refractivity contribution in [2.45, 2.75) is 6.42 Å². The number of amides is 3. The summed E-state index contributed by atoms with van der Waals surface area (Å²) >= 11 is 15.5. The van der Waals surface area contributed by atoms with Crippen molar-refractivity contribution in [2.24, 2.45) is 35.5 Å². The van der Waals surface area contributed by atoms with Crippen LogP contribution in [0.1, 0.15) is 27.1 Å². The molecular formula is C26H19BrCl2N2O4. The first-order valence-electron chi connectivity index (χ1n) is 11.4. The zero-order valence-corrected chi connectivity index (χ0v) is 21.3. The molecule has 0 aromatic heterocycles. The Morgan fingerprint density at radius 1 is 0.886 bits per heavy atom. The van der Waals surface area contributed by atoms with Gasteiger partial charge in [0.2, 0.25) is 0 Å². The maximum Gasteiger partial charge on any atom is 0.273 e. The largest absolute Gasteiger partial charge is 0.292 e. The smallest absolute Gasteiger partial charge is 0.273 e. The molecule has 9 heteroatoms. The number of allylic oxidation sites excluding steroid dienone is 2. The minimum absolute atomic E-state index is 0.000512. The Balaban J connectivity index is 1.37. The zero-order valence-electron chi connectivity index (χ0n) is 18.2. The van der Waals surface area contributed by atoms with E-state index in [0.717, 1.165) is 20.9 Å². The van der Waals surface area contributed by atoms with Crippen LogP contribution in [0.15, 0.2) is 59.1 Å². The van der Waals surface area contributed by atoms with Crippen molar-refractivity contribution >= 4 is 62.6 Å². The number of benzene rings is 2. The molecule has 2 bridgehead atoms. The summed E-state index contributed by atoms with van der Waals surface area (Å²) in [5.74, 6) is -2.03. The highest BCUT2D eigenvalue weighted by atomic mass is 79.9. The molecular weight excluding hydrogens is 555 g/mol. The maximum atomic E-state index is 13.7. The second-order valence-electron chi connectivity index (χ2n) is 9.56. The number of ketones is 1. The lowest BCUT2D eigenvalue weighted by atomic mass is 9.63. The molecule has 1 saturated heterocycles. The Hall–Kier alpha value is -2.48. The monoisotopic (exact) mass is 572 g/mol. The highest BCUT2D eigenvalue weighted by molar-refractivity contribution is 9.10. The first-order valence-corrected chi connectivity index (χ1v) is 12.9. The van der Waals surface area contributed by atoms with Crippen molar-refractivity contribution in [1.82, 2.24) is 10.0 Å². The summed E-state index contributed by atoms with van der Waals surface area (Å²) in [5.41, 5.74) is 0.488. The number of imide groups is 1. The van der Waals surface area contributed by atoms with Crippen molar-refractivity contribution in [3.63, 3.8) is 0 Å². The molecule has 0 spiro atoms. The lowest BCUT2D eigenvalue weighted by Crippen LogP contribution is -2.52. The molecule has 35 heavy (non-hydrogen) atoms. The van der Waals surface area contributed by atoms with Gasteiger partial charge in [0, 0.05) is 15.6 Å². The van der Waals surface area contributed by atoms with Crippen molar-refractivity contribution in [3.05, 3.63) is 80.3 Å². The van der Waals surface area contributed by atoms with Gasteiger partial charge < -0.3 is 0 Å². The number of rotatable bonds is 5. The number of hydrazine groups is 1. The van der Waals surface area contributed by atoms with E-state index in [0.29, 0.717) is 17.4 Å². The van der Waals surface area contributed by atoms with Gasteiger partial charge in [-0.1, -0.05) is 63.4 Å². The van der Waals surface area contributed by atoms with E-state index in [9.17, 15) is 19.2 Å². The van der Waals surface area contributed by atoms with Gasteiger partial charge in [-0.2, -0.15) is 5.01 Å². The summed E-state index contributed by atoms with van der Waals surface area (Å²) in [6, 6.07) is 11.0. The highest BCUT2D eigenvalue weighted by Gasteiger charge is 2.68. The van der Waals surface area contributed by atoms with Gasteiger partial charge in [-0.15, -0.1) is 0 Å². The normalized spacial score (nSPS) is 29.7. The highest BCUT2D eigenvalue weighted by Crippen LogP contribution is 2.65. The predicted molar refractivity (Wildman–Crippen MR) is 133 cm³/mol. The van der Waals surface area contributed by atoms with Crippen molar-refractivity contribution in [3.8, 4) is 0 Å².